The van der Waals surface area contributed by atoms with E-state index in [1.807, 2.05) is 24.3 Å². The molecule has 0 saturated heterocycles. The number of para-hydroxylation sites is 2. The van der Waals surface area contributed by atoms with Crippen molar-refractivity contribution >= 4 is 45.7 Å². The Kier molecular flexibility index (Phi) is 8.80. The number of nitrogens with one attached hydrogen (secondary N) is 2. The van der Waals surface area contributed by atoms with E-state index >= 15 is 0 Å². The van der Waals surface area contributed by atoms with Crippen LogP contribution in [0.25, 0.3) is 0 Å². The number of carbonyl (C=O) groups excluding carboxylic acids is 2. The third kappa shape index (κ3) is 6.44. The van der Waals surface area contributed by atoms with Gasteiger partial charge in [-0.25, -0.2) is 4.99 Å². The second kappa shape index (κ2) is 12.0. The van der Waals surface area contributed by atoms with Gasteiger partial charge in [-0.2, -0.15) is 0 Å². The van der Waals surface area contributed by atoms with Crippen LogP contribution in [-0.2, 0) is 14.3 Å². The van der Waals surface area contributed by atoms with Crippen LogP contribution in [0.15, 0.2) is 53.2 Å². The summed E-state index contributed by atoms with van der Waals surface area (Å²) in [7, 11) is 4.53. The smallest absolute Gasteiger partial charge is 0.311 e. The van der Waals surface area contributed by atoms with Crippen molar-refractivity contribution in [2.24, 2.45) is 4.99 Å². The van der Waals surface area contributed by atoms with Gasteiger partial charge in [-0.3, -0.25) is 9.59 Å². The number of nitrogens with zero attached hydrogens (tertiary/aromatic N) is 1. The van der Waals surface area contributed by atoms with Crippen LogP contribution in [0.3, 0.4) is 0 Å². The average molecular weight is 486 g/mol. The van der Waals surface area contributed by atoms with Gasteiger partial charge in [-0.15, -0.1) is 0 Å². The fourth-order valence-corrected chi connectivity index (χ4v) is 3.95. The summed E-state index contributed by atoms with van der Waals surface area (Å²) in [4.78, 5) is 29.3. The minimum Gasteiger partial charge on any atom is -0.493 e. The molecule has 0 radical (unpaired) electrons. The van der Waals surface area contributed by atoms with Gasteiger partial charge in [0.1, 0.15) is 0 Å². The van der Waals surface area contributed by atoms with E-state index in [-0.39, 0.29) is 24.1 Å². The number of benzene rings is 2. The molecule has 0 aliphatic carbocycles. The maximum absolute atomic E-state index is 12.7. The number of rotatable bonds is 9. The lowest BCUT2D eigenvalue weighted by Gasteiger charge is -2.14. The average Bonchev–Trinajstić information content (AvgIpc) is 3.00. The van der Waals surface area contributed by atoms with E-state index < -0.39 is 0 Å². The first-order chi connectivity index (χ1) is 16.5. The molecule has 1 amide bonds. The summed E-state index contributed by atoms with van der Waals surface area (Å²) >= 11 is 1.26. The first-order valence-corrected chi connectivity index (χ1v) is 11.5. The van der Waals surface area contributed by atoms with Gasteiger partial charge in [0, 0.05) is 23.5 Å². The molecular weight excluding hydrogens is 458 g/mol. The van der Waals surface area contributed by atoms with Crippen LogP contribution in [0.1, 0.15) is 13.3 Å². The van der Waals surface area contributed by atoms with E-state index in [9.17, 15) is 9.59 Å². The number of thioether (sulfide) groups is 1. The molecule has 34 heavy (non-hydrogen) atoms. The Hall–Kier alpha value is -3.66. The normalized spacial score (nSPS) is 12.2. The van der Waals surface area contributed by atoms with Gasteiger partial charge in [0.05, 0.1) is 56.5 Å². The zero-order valence-electron chi connectivity index (χ0n) is 19.5. The predicted octanol–water partition coefficient (Wildman–Crippen LogP) is 4.38. The predicted molar refractivity (Wildman–Crippen MR) is 134 cm³/mol. The molecule has 0 unspecified atom stereocenters. The SMILES string of the molecule is CCOC(=O)CC1=CC(SCC(=O)Nc2cc(OC)c(OC)c(OC)c2)=Nc2ccccc2N1. The van der Waals surface area contributed by atoms with Gasteiger partial charge < -0.3 is 29.6 Å². The van der Waals surface area contributed by atoms with E-state index in [1.165, 1.54) is 33.1 Å². The van der Waals surface area contributed by atoms with E-state index in [2.05, 4.69) is 15.6 Å². The minimum atomic E-state index is -0.342. The molecule has 2 aromatic rings. The molecule has 0 saturated carbocycles. The van der Waals surface area contributed by atoms with Crippen LogP contribution in [0, 0.1) is 0 Å². The third-order valence-electron chi connectivity index (χ3n) is 4.67. The second-order valence-corrected chi connectivity index (χ2v) is 7.99. The number of aliphatic imine (C=N–C) groups is 1. The second-order valence-electron chi connectivity index (χ2n) is 6.99. The monoisotopic (exact) mass is 485 g/mol. The Balaban J connectivity index is 1.74. The number of esters is 1. The molecule has 180 valence electrons. The quantitative estimate of drug-likeness (QED) is 0.504. The van der Waals surface area contributed by atoms with Gasteiger partial charge in [0.25, 0.3) is 0 Å². The molecular formula is C24H27N3O6S. The molecule has 0 aromatic heterocycles. The summed E-state index contributed by atoms with van der Waals surface area (Å²) in [5.41, 5.74) is 2.63. The molecule has 2 aromatic carbocycles. The molecule has 9 nitrogen and oxygen atoms in total. The number of anilines is 2. The summed E-state index contributed by atoms with van der Waals surface area (Å²) in [6.45, 7) is 2.07. The van der Waals surface area contributed by atoms with E-state index in [1.54, 1.807) is 25.1 Å². The number of hydrogen-bond acceptors (Lipinski definition) is 9. The topological polar surface area (TPSA) is 107 Å². The van der Waals surface area contributed by atoms with E-state index in [0.717, 1.165) is 5.69 Å². The Morgan fingerprint density at radius 2 is 1.76 bits per heavy atom. The first kappa shape index (κ1) is 25.0. The maximum atomic E-state index is 12.7. The van der Waals surface area contributed by atoms with Crippen LogP contribution in [0.2, 0.25) is 0 Å². The number of methoxy groups -OCH3 is 3. The van der Waals surface area contributed by atoms with Crippen molar-refractivity contribution in [1.82, 2.24) is 0 Å². The van der Waals surface area contributed by atoms with Crippen molar-refractivity contribution in [3.8, 4) is 17.2 Å². The van der Waals surface area contributed by atoms with Crippen LogP contribution in [0.4, 0.5) is 17.1 Å². The minimum absolute atomic E-state index is 0.0688. The lowest BCUT2D eigenvalue weighted by molar-refractivity contribution is -0.142. The van der Waals surface area contributed by atoms with Crippen molar-refractivity contribution in [3.05, 3.63) is 48.2 Å². The van der Waals surface area contributed by atoms with Gasteiger partial charge in [0.15, 0.2) is 11.5 Å². The molecule has 1 aliphatic heterocycles. The highest BCUT2D eigenvalue weighted by atomic mass is 32.2. The molecule has 2 N–H and O–H groups in total. The Labute approximate surface area is 202 Å². The van der Waals surface area contributed by atoms with Crippen LogP contribution in [0.5, 0.6) is 17.2 Å². The van der Waals surface area contributed by atoms with Crippen LogP contribution >= 0.6 is 11.8 Å². The fraction of sp³-hybridized carbons (Fsp3) is 0.292. The van der Waals surface area contributed by atoms with Crippen molar-refractivity contribution in [2.75, 3.05) is 44.3 Å². The molecule has 10 heteroatoms. The largest absolute Gasteiger partial charge is 0.493 e. The summed E-state index contributed by atoms with van der Waals surface area (Å²) in [6, 6.07) is 10.8. The standard InChI is InChI=1S/C24H27N3O6S/c1-5-33-23(29)13-16-12-22(27-18-9-7-6-8-17(18)25-16)34-14-21(28)26-15-10-19(30-2)24(32-4)20(11-15)31-3/h6-12,25H,5,13-14H2,1-4H3,(H,26,28). The van der Waals surface area contributed by atoms with E-state index in [4.69, 9.17) is 18.9 Å². The molecule has 1 aliphatic rings. The lowest BCUT2D eigenvalue weighted by Crippen LogP contribution is -2.15. The zero-order valence-corrected chi connectivity index (χ0v) is 20.3. The summed E-state index contributed by atoms with van der Waals surface area (Å²) < 4.78 is 21.0. The van der Waals surface area contributed by atoms with Crippen LogP contribution < -0.4 is 24.8 Å². The van der Waals surface area contributed by atoms with Crippen molar-refractivity contribution in [2.45, 2.75) is 13.3 Å². The molecule has 0 fully saturated rings. The number of amides is 1. The molecule has 1 heterocycles. The Morgan fingerprint density at radius 3 is 2.41 bits per heavy atom. The number of ether oxygens (including phenoxy) is 4. The summed E-state index contributed by atoms with van der Waals surface area (Å²) in [6.07, 6.45) is 1.83. The van der Waals surface area contributed by atoms with Gasteiger partial charge in [0.2, 0.25) is 11.7 Å². The van der Waals surface area contributed by atoms with Gasteiger partial charge in [-0.05, 0) is 25.1 Å². The highest BCUT2D eigenvalue weighted by Crippen LogP contribution is 2.40. The zero-order chi connectivity index (χ0) is 24.5. The molecule has 0 atom stereocenters. The van der Waals surface area contributed by atoms with Gasteiger partial charge >= 0.3 is 5.97 Å². The van der Waals surface area contributed by atoms with Gasteiger partial charge in [-0.1, -0.05) is 23.9 Å². The molecule has 0 bridgehead atoms. The first-order valence-electron chi connectivity index (χ1n) is 10.5. The highest BCUT2D eigenvalue weighted by molar-refractivity contribution is 8.14. The maximum Gasteiger partial charge on any atom is 0.311 e. The van der Waals surface area contributed by atoms with Crippen LogP contribution in [-0.4, -0.2) is 50.6 Å². The Morgan fingerprint density at radius 1 is 1.06 bits per heavy atom. The van der Waals surface area contributed by atoms with Crippen molar-refractivity contribution in [3.63, 3.8) is 0 Å². The molecule has 0 spiro atoms. The van der Waals surface area contributed by atoms with Crippen molar-refractivity contribution in [1.29, 1.82) is 0 Å². The fourth-order valence-electron chi connectivity index (χ4n) is 3.21. The highest BCUT2D eigenvalue weighted by Gasteiger charge is 2.17. The number of hydrogen-bond donors (Lipinski definition) is 2. The number of fused-ring (bicyclic) bond motifs is 1. The lowest BCUT2D eigenvalue weighted by atomic mass is 10.2. The van der Waals surface area contributed by atoms with E-state index in [0.29, 0.717) is 46.0 Å². The summed E-state index contributed by atoms with van der Waals surface area (Å²) in [5.74, 6) is 0.828. The summed E-state index contributed by atoms with van der Waals surface area (Å²) in [5, 5.41) is 6.67. The number of carbonyl (C=O) groups is 2. The third-order valence-corrected chi connectivity index (χ3v) is 5.58. The Bertz CT molecular complexity index is 1090. The molecule has 3 rings (SSSR count). The van der Waals surface area contributed by atoms with Crippen molar-refractivity contribution < 1.29 is 28.5 Å².